The van der Waals surface area contributed by atoms with E-state index in [4.69, 9.17) is 5.11 Å². The second-order valence-corrected chi connectivity index (χ2v) is 2.40. The molecule has 0 atom stereocenters. The van der Waals surface area contributed by atoms with Crippen LogP contribution in [0.1, 0.15) is 10.4 Å². The summed E-state index contributed by atoms with van der Waals surface area (Å²) in [5.41, 5.74) is 4.45. The zero-order valence-corrected chi connectivity index (χ0v) is 7.23. The fraction of sp³-hybridized carbons (Fsp3) is 0.125. The molecule has 0 radical (unpaired) electrons. The van der Waals surface area contributed by atoms with Crippen molar-refractivity contribution in [2.75, 3.05) is 6.61 Å². The summed E-state index contributed by atoms with van der Waals surface area (Å²) in [4.78, 5) is 25.5. The lowest BCUT2D eigenvalue weighted by Gasteiger charge is -2.04. The maximum atomic E-state index is 11.2. The summed E-state index contributed by atoms with van der Waals surface area (Å²) >= 11 is 0. The van der Waals surface area contributed by atoms with E-state index in [1.54, 1.807) is 12.1 Å². The number of nitrogens with one attached hydrogen (secondary N) is 2. The predicted molar refractivity (Wildman–Crippen MR) is 46.9 cm³/mol. The molecule has 1 aromatic rings. The maximum absolute atomic E-state index is 11.2. The Morgan fingerprint density at radius 1 is 1.43 bits per heavy atom. The molecule has 6 nitrogen and oxygen atoms in total. The third-order valence-electron chi connectivity index (χ3n) is 1.38. The molecule has 0 aliphatic carbocycles. The minimum Gasteiger partial charge on any atom is -0.386 e. The van der Waals surface area contributed by atoms with Crippen molar-refractivity contribution in [1.82, 2.24) is 15.8 Å². The van der Waals surface area contributed by atoms with Crippen LogP contribution in [0.2, 0.25) is 0 Å². The lowest BCUT2D eigenvalue weighted by Crippen LogP contribution is -2.42. The van der Waals surface area contributed by atoms with Gasteiger partial charge in [-0.3, -0.25) is 25.4 Å². The number of hydrazine groups is 1. The molecular weight excluding hydrogens is 186 g/mol. The molecule has 14 heavy (non-hydrogen) atoms. The van der Waals surface area contributed by atoms with Gasteiger partial charge in [-0.25, -0.2) is 0 Å². The molecule has 0 aromatic carbocycles. The highest BCUT2D eigenvalue weighted by Gasteiger charge is 2.05. The number of amides is 2. The number of carbonyl (C=O) groups is 2. The van der Waals surface area contributed by atoms with Crippen molar-refractivity contribution in [2.24, 2.45) is 0 Å². The average molecular weight is 195 g/mol. The van der Waals surface area contributed by atoms with E-state index in [-0.39, 0.29) is 0 Å². The van der Waals surface area contributed by atoms with Crippen molar-refractivity contribution in [3.8, 4) is 0 Å². The van der Waals surface area contributed by atoms with Gasteiger partial charge < -0.3 is 5.11 Å². The molecule has 0 fully saturated rings. The van der Waals surface area contributed by atoms with Gasteiger partial charge in [0.2, 0.25) is 0 Å². The number of aliphatic hydroxyl groups is 1. The normalized spacial score (nSPS) is 9.21. The highest BCUT2D eigenvalue weighted by Crippen LogP contribution is 1.93. The van der Waals surface area contributed by atoms with Crippen LogP contribution < -0.4 is 10.9 Å². The van der Waals surface area contributed by atoms with Crippen LogP contribution in [-0.2, 0) is 4.79 Å². The van der Waals surface area contributed by atoms with E-state index in [1.165, 1.54) is 12.4 Å². The first-order valence-corrected chi connectivity index (χ1v) is 3.84. The van der Waals surface area contributed by atoms with E-state index in [1.807, 2.05) is 5.43 Å². The van der Waals surface area contributed by atoms with Gasteiger partial charge in [-0.15, -0.1) is 0 Å². The molecular formula is C8H9N3O3. The molecule has 0 unspecified atom stereocenters. The van der Waals surface area contributed by atoms with Crippen molar-refractivity contribution in [2.45, 2.75) is 0 Å². The van der Waals surface area contributed by atoms with Gasteiger partial charge in [-0.2, -0.15) is 0 Å². The molecule has 6 heteroatoms. The van der Waals surface area contributed by atoms with Gasteiger partial charge in [-0.05, 0) is 12.1 Å². The summed E-state index contributed by atoms with van der Waals surface area (Å²) in [6.45, 7) is -0.673. The van der Waals surface area contributed by atoms with Crippen molar-refractivity contribution in [1.29, 1.82) is 0 Å². The van der Waals surface area contributed by atoms with E-state index < -0.39 is 18.4 Å². The molecule has 0 saturated carbocycles. The largest absolute Gasteiger partial charge is 0.386 e. The first-order valence-electron chi connectivity index (χ1n) is 3.84. The number of hydrogen-bond acceptors (Lipinski definition) is 4. The highest BCUT2D eigenvalue weighted by molar-refractivity contribution is 5.95. The Labute approximate surface area is 79.9 Å². The van der Waals surface area contributed by atoms with Crippen LogP contribution in [-0.4, -0.2) is 28.5 Å². The summed E-state index contributed by atoms with van der Waals surface area (Å²) < 4.78 is 0. The molecule has 2 amide bonds. The number of aromatic nitrogens is 1. The van der Waals surface area contributed by atoms with E-state index in [2.05, 4.69) is 10.4 Å². The zero-order chi connectivity index (χ0) is 10.4. The second-order valence-electron chi connectivity index (χ2n) is 2.40. The molecule has 1 rings (SSSR count). The van der Waals surface area contributed by atoms with Gasteiger partial charge in [-0.1, -0.05) is 0 Å². The first-order chi connectivity index (χ1) is 6.74. The third-order valence-corrected chi connectivity index (χ3v) is 1.38. The second kappa shape index (κ2) is 4.93. The van der Waals surface area contributed by atoms with Crippen LogP contribution in [0, 0.1) is 0 Å². The molecule has 0 saturated heterocycles. The first kappa shape index (κ1) is 10.1. The number of aliphatic hydroxyl groups excluding tert-OH is 1. The molecule has 1 aromatic heterocycles. The minimum atomic E-state index is -0.678. The van der Waals surface area contributed by atoms with Crippen molar-refractivity contribution in [3.63, 3.8) is 0 Å². The van der Waals surface area contributed by atoms with E-state index in [0.29, 0.717) is 5.56 Å². The number of hydrogen-bond donors (Lipinski definition) is 3. The quantitative estimate of drug-likeness (QED) is 0.519. The number of carbonyl (C=O) groups excluding carboxylic acids is 2. The standard InChI is InChI=1S/C8H9N3O3/c12-5-7(13)10-11-8(14)6-2-1-3-9-4-6/h1-4,12H,5H2,(H,10,13)(H,11,14). The summed E-state index contributed by atoms with van der Waals surface area (Å²) in [6.07, 6.45) is 2.89. The van der Waals surface area contributed by atoms with Gasteiger partial charge >= 0.3 is 0 Å². The monoisotopic (exact) mass is 195 g/mol. The van der Waals surface area contributed by atoms with Gasteiger partial charge in [0.25, 0.3) is 11.8 Å². The Kier molecular flexibility index (Phi) is 3.57. The Morgan fingerprint density at radius 2 is 2.21 bits per heavy atom. The summed E-state index contributed by atoms with van der Waals surface area (Å²) in [5, 5.41) is 8.34. The Morgan fingerprint density at radius 3 is 2.79 bits per heavy atom. The Hall–Kier alpha value is -1.95. The molecule has 0 bridgehead atoms. The van der Waals surface area contributed by atoms with Crippen LogP contribution in [0.5, 0.6) is 0 Å². The van der Waals surface area contributed by atoms with Crippen LogP contribution in [0.3, 0.4) is 0 Å². The number of nitrogens with zero attached hydrogens (tertiary/aromatic N) is 1. The topological polar surface area (TPSA) is 91.3 Å². The van der Waals surface area contributed by atoms with E-state index >= 15 is 0 Å². The van der Waals surface area contributed by atoms with Crippen LogP contribution >= 0.6 is 0 Å². The van der Waals surface area contributed by atoms with Gasteiger partial charge in [0, 0.05) is 12.4 Å². The number of rotatable bonds is 2. The highest BCUT2D eigenvalue weighted by atomic mass is 16.3. The number of pyridine rings is 1. The smallest absolute Gasteiger partial charge is 0.271 e. The van der Waals surface area contributed by atoms with Crippen molar-refractivity contribution >= 4 is 11.8 Å². The van der Waals surface area contributed by atoms with Crippen molar-refractivity contribution < 1.29 is 14.7 Å². The maximum Gasteiger partial charge on any atom is 0.271 e. The molecule has 3 N–H and O–H groups in total. The summed E-state index contributed by atoms with van der Waals surface area (Å²) in [5.74, 6) is -1.16. The fourth-order valence-corrected chi connectivity index (χ4v) is 0.735. The lowest BCUT2D eigenvalue weighted by molar-refractivity contribution is -0.124. The predicted octanol–water partition coefficient (Wildman–Crippen LogP) is -1.17. The van der Waals surface area contributed by atoms with Crippen LogP contribution in [0.15, 0.2) is 24.5 Å². The molecule has 0 spiro atoms. The summed E-state index contributed by atoms with van der Waals surface area (Å²) in [7, 11) is 0. The Bertz CT molecular complexity index is 326. The lowest BCUT2D eigenvalue weighted by atomic mass is 10.3. The minimum absolute atomic E-state index is 0.325. The molecule has 0 aliphatic heterocycles. The Balaban J connectivity index is 2.48. The molecule has 74 valence electrons. The average Bonchev–Trinajstić information content (AvgIpc) is 2.26. The fourth-order valence-electron chi connectivity index (χ4n) is 0.735. The van der Waals surface area contributed by atoms with E-state index in [9.17, 15) is 9.59 Å². The molecule has 1 heterocycles. The van der Waals surface area contributed by atoms with Crippen LogP contribution in [0.25, 0.3) is 0 Å². The molecule has 0 aliphatic rings. The third kappa shape index (κ3) is 2.83. The van der Waals surface area contributed by atoms with Crippen LogP contribution in [0.4, 0.5) is 0 Å². The van der Waals surface area contributed by atoms with Gasteiger partial charge in [0.15, 0.2) is 0 Å². The van der Waals surface area contributed by atoms with Gasteiger partial charge in [0.05, 0.1) is 5.56 Å². The summed E-state index contributed by atoms with van der Waals surface area (Å²) in [6, 6.07) is 3.15. The van der Waals surface area contributed by atoms with E-state index in [0.717, 1.165) is 0 Å². The van der Waals surface area contributed by atoms with Gasteiger partial charge in [0.1, 0.15) is 6.61 Å². The zero-order valence-electron chi connectivity index (χ0n) is 7.23. The SMILES string of the molecule is O=C(CO)NNC(=O)c1cccnc1. The van der Waals surface area contributed by atoms with Crippen molar-refractivity contribution in [3.05, 3.63) is 30.1 Å².